The van der Waals surface area contributed by atoms with Gasteiger partial charge in [0.25, 0.3) is 5.91 Å². The Kier molecular flexibility index (Phi) is 8.42. The smallest absolute Gasteiger partial charge is 0.251 e. The summed E-state index contributed by atoms with van der Waals surface area (Å²) in [5.74, 6) is 0.658. The number of hydrogen-bond acceptors (Lipinski definition) is 3. The fourth-order valence-corrected chi connectivity index (χ4v) is 3.71. The van der Waals surface area contributed by atoms with Gasteiger partial charge < -0.3 is 10.1 Å². The second-order valence-corrected chi connectivity index (χ2v) is 6.98. The van der Waals surface area contributed by atoms with Crippen LogP contribution in [0.5, 0.6) is 5.75 Å². The second-order valence-electron chi connectivity index (χ2n) is 6.57. The number of piperidine rings is 1. The lowest BCUT2D eigenvalue weighted by atomic mass is 10.0. The lowest BCUT2D eigenvalue weighted by Crippen LogP contribution is -2.40. The molecule has 0 radical (unpaired) electrons. The first-order valence-electron chi connectivity index (χ1n) is 9.10. The molecule has 1 heterocycles. The van der Waals surface area contributed by atoms with Crippen molar-refractivity contribution in [1.82, 2.24) is 10.2 Å². The van der Waals surface area contributed by atoms with E-state index in [1.165, 1.54) is 19.3 Å². The predicted molar refractivity (Wildman–Crippen MR) is 112 cm³/mol. The van der Waals surface area contributed by atoms with E-state index in [2.05, 4.69) is 16.3 Å². The summed E-state index contributed by atoms with van der Waals surface area (Å²) in [6.45, 7) is 2.61. The molecule has 1 N–H and O–H groups in total. The molecule has 1 fully saturated rings. The third-order valence-corrected chi connectivity index (χ3v) is 5.25. The Labute approximate surface area is 172 Å². The van der Waals surface area contributed by atoms with Crippen molar-refractivity contribution in [2.75, 3.05) is 26.7 Å². The summed E-state index contributed by atoms with van der Waals surface area (Å²) in [6.07, 6.45) is 3.64. The van der Waals surface area contributed by atoms with Crippen molar-refractivity contribution in [3.8, 4) is 5.75 Å². The van der Waals surface area contributed by atoms with Gasteiger partial charge in [0.1, 0.15) is 5.75 Å². The molecule has 6 heteroatoms. The molecule has 1 aliphatic rings. The molecule has 0 bridgehead atoms. The molecule has 2 aromatic rings. The fraction of sp³-hybridized carbons (Fsp3) is 0.381. The molecule has 1 saturated heterocycles. The van der Waals surface area contributed by atoms with Crippen molar-refractivity contribution in [2.45, 2.75) is 25.3 Å². The molecule has 1 atom stereocenters. The highest BCUT2D eigenvalue weighted by atomic mass is 35.5. The fourth-order valence-electron chi connectivity index (χ4n) is 3.44. The van der Waals surface area contributed by atoms with Gasteiger partial charge in [0.05, 0.1) is 13.2 Å². The Morgan fingerprint density at radius 3 is 2.41 bits per heavy atom. The highest BCUT2D eigenvalue weighted by molar-refractivity contribution is 6.31. The van der Waals surface area contributed by atoms with Crippen LogP contribution >= 0.6 is 24.0 Å². The molecule has 0 spiro atoms. The van der Waals surface area contributed by atoms with Crippen LogP contribution in [0.1, 0.15) is 41.2 Å². The van der Waals surface area contributed by atoms with Gasteiger partial charge in [0, 0.05) is 17.1 Å². The van der Waals surface area contributed by atoms with Crippen molar-refractivity contribution in [2.24, 2.45) is 0 Å². The molecular weight excluding hydrogens is 383 g/mol. The van der Waals surface area contributed by atoms with Crippen LogP contribution in [0.15, 0.2) is 48.5 Å². The lowest BCUT2D eigenvalue weighted by Gasteiger charge is -2.35. The lowest BCUT2D eigenvalue weighted by molar-refractivity contribution is 0.0924. The summed E-state index contributed by atoms with van der Waals surface area (Å²) >= 11 is 6.45. The number of halogens is 2. The molecule has 0 aromatic heterocycles. The number of carbonyl (C=O) groups excluding carboxylic acids is 1. The number of benzene rings is 2. The Bertz CT molecular complexity index is 731. The van der Waals surface area contributed by atoms with Crippen molar-refractivity contribution >= 4 is 29.9 Å². The van der Waals surface area contributed by atoms with E-state index in [9.17, 15) is 4.79 Å². The number of nitrogens with zero attached hydrogens (tertiary/aromatic N) is 1. The second kappa shape index (κ2) is 10.5. The number of hydrogen-bond donors (Lipinski definition) is 1. The zero-order valence-electron chi connectivity index (χ0n) is 15.5. The van der Waals surface area contributed by atoms with E-state index < -0.39 is 0 Å². The van der Waals surface area contributed by atoms with E-state index in [0.29, 0.717) is 12.1 Å². The Hall–Kier alpha value is -1.75. The van der Waals surface area contributed by atoms with Gasteiger partial charge in [-0.05, 0) is 61.8 Å². The maximum atomic E-state index is 12.5. The van der Waals surface area contributed by atoms with Crippen LogP contribution in [0, 0.1) is 0 Å². The summed E-state index contributed by atoms with van der Waals surface area (Å²) in [6, 6.07) is 15.2. The summed E-state index contributed by atoms with van der Waals surface area (Å²) in [5.41, 5.74) is 1.70. The minimum atomic E-state index is -0.0817. The van der Waals surface area contributed by atoms with Crippen molar-refractivity contribution < 1.29 is 9.53 Å². The van der Waals surface area contributed by atoms with Crippen LogP contribution in [0.25, 0.3) is 0 Å². The molecule has 1 amide bonds. The average Bonchev–Trinajstić information content (AvgIpc) is 2.70. The average molecular weight is 409 g/mol. The minimum Gasteiger partial charge on any atom is -0.497 e. The maximum absolute atomic E-state index is 12.5. The van der Waals surface area contributed by atoms with E-state index in [4.69, 9.17) is 16.3 Å². The van der Waals surface area contributed by atoms with Gasteiger partial charge in [-0.1, -0.05) is 36.2 Å². The van der Waals surface area contributed by atoms with Gasteiger partial charge in [-0.2, -0.15) is 0 Å². The zero-order chi connectivity index (χ0) is 18.4. The summed E-state index contributed by atoms with van der Waals surface area (Å²) in [7, 11) is 1.61. The number of amides is 1. The van der Waals surface area contributed by atoms with Crippen LogP contribution < -0.4 is 10.1 Å². The van der Waals surface area contributed by atoms with Crippen molar-refractivity contribution in [3.63, 3.8) is 0 Å². The molecule has 27 heavy (non-hydrogen) atoms. The van der Waals surface area contributed by atoms with Gasteiger partial charge in [0.15, 0.2) is 0 Å². The molecular formula is C21H26Cl2N2O2. The van der Waals surface area contributed by atoms with Gasteiger partial charge >= 0.3 is 0 Å². The number of methoxy groups -OCH3 is 1. The number of likely N-dealkylation sites (tertiary alicyclic amines) is 1. The number of nitrogens with one attached hydrogen (secondary N) is 1. The molecule has 1 unspecified atom stereocenters. The Balaban J connectivity index is 0.00000261. The Morgan fingerprint density at radius 2 is 1.78 bits per heavy atom. The molecule has 3 rings (SSSR count). The predicted octanol–water partition coefficient (Wildman–Crippen LogP) is 4.73. The van der Waals surface area contributed by atoms with Gasteiger partial charge in [-0.3, -0.25) is 9.69 Å². The van der Waals surface area contributed by atoms with Crippen LogP contribution in [0.2, 0.25) is 5.02 Å². The summed E-state index contributed by atoms with van der Waals surface area (Å²) < 4.78 is 5.14. The van der Waals surface area contributed by atoms with E-state index in [0.717, 1.165) is 29.4 Å². The maximum Gasteiger partial charge on any atom is 0.251 e. The zero-order valence-corrected chi connectivity index (χ0v) is 17.1. The van der Waals surface area contributed by atoms with Crippen LogP contribution in [0.4, 0.5) is 0 Å². The largest absolute Gasteiger partial charge is 0.497 e. The number of ether oxygens (including phenoxy) is 1. The summed E-state index contributed by atoms with van der Waals surface area (Å²) in [5, 5.41) is 3.83. The minimum absolute atomic E-state index is 0. The normalized spacial score (nSPS) is 15.5. The van der Waals surface area contributed by atoms with Gasteiger partial charge in [-0.25, -0.2) is 0 Å². The third-order valence-electron chi connectivity index (χ3n) is 4.90. The van der Waals surface area contributed by atoms with E-state index in [1.54, 1.807) is 31.4 Å². The number of carbonyl (C=O) groups is 1. The summed E-state index contributed by atoms with van der Waals surface area (Å²) in [4.78, 5) is 15.0. The molecule has 2 aromatic carbocycles. The highest BCUT2D eigenvalue weighted by Gasteiger charge is 2.24. The highest BCUT2D eigenvalue weighted by Crippen LogP contribution is 2.29. The van der Waals surface area contributed by atoms with Gasteiger partial charge in [-0.15, -0.1) is 12.4 Å². The first-order valence-corrected chi connectivity index (χ1v) is 9.47. The van der Waals surface area contributed by atoms with E-state index >= 15 is 0 Å². The molecule has 0 saturated carbocycles. The first-order chi connectivity index (χ1) is 12.7. The molecule has 0 aliphatic carbocycles. The van der Waals surface area contributed by atoms with Crippen LogP contribution in [0.3, 0.4) is 0 Å². The Morgan fingerprint density at radius 1 is 1.11 bits per heavy atom. The number of rotatable bonds is 6. The van der Waals surface area contributed by atoms with Crippen LogP contribution in [-0.2, 0) is 0 Å². The molecule has 4 nitrogen and oxygen atoms in total. The van der Waals surface area contributed by atoms with Crippen molar-refractivity contribution in [3.05, 3.63) is 64.7 Å². The molecule has 1 aliphatic heterocycles. The standard InChI is InChI=1S/C21H25ClN2O2.ClH/c1-26-17-11-9-16(10-12-17)21(25)23-15-20(24-13-5-2-6-14-24)18-7-3-4-8-19(18)22;/h3-4,7-12,20H,2,5-6,13-15H2,1H3,(H,23,25);1H. The van der Waals surface area contributed by atoms with Crippen molar-refractivity contribution in [1.29, 1.82) is 0 Å². The third kappa shape index (κ3) is 5.61. The first kappa shape index (κ1) is 21.5. The van der Waals surface area contributed by atoms with Crippen LogP contribution in [-0.4, -0.2) is 37.6 Å². The topological polar surface area (TPSA) is 41.6 Å². The SMILES string of the molecule is COc1ccc(C(=O)NCC(c2ccccc2Cl)N2CCCCC2)cc1.Cl. The molecule has 146 valence electrons. The quantitative estimate of drug-likeness (QED) is 0.750. The monoisotopic (exact) mass is 408 g/mol. The van der Waals surface area contributed by atoms with Gasteiger partial charge in [0.2, 0.25) is 0 Å². The van der Waals surface area contributed by atoms with E-state index in [-0.39, 0.29) is 24.4 Å². The van der Waals surface area contributed by atoms with E-state index in [1.807, 2.05) is 18.2 Å².